The number of hydrogen-bond donors (Lipinski definition) is 1. The Hall–Kier alpha value is -2.39. The van der Waals surface area contributed by atoms with Crippen molar-refractivity contribution in [3.8, 4) is 5.75 Å². The monoisotopic (exact) mass is 419 g/mol. The lowest BCUT2D eigenvalue weighted by atomic mass is 10.0. The minimum atomic E-state index is 0.342. The average molecular weight is 420 g/mol. The molecule has 0 saturated carbocycles. The zero-order chi connectivity index (χ0) is 21.6. The number of unbranched alkanes of at least 4 members (excludes halogenated alkanes) is 9. The molecule has 0 amide bonds. The number of pyridine rings is 1. The average Bonchev–Trinajstić information content (AvgIpc) is 2.82. The van der Waals surface area contributed by atoms with E-state index in [4.69, 9.17) is 9.84 Å². The number of fused-ring (bicyclic) bond motifs is 1. The molecule has 0 atom stereocenters. The summed E-state index contributed by atoms with van der Waals surface area (Å²) >= 11 is 0. The van der Waals surface area contributed by atoms with Gasteiger partial charge in [0.15, 0.2) is 0 Å². The molecule has 0 bridgehead atoms. The van der Waals surface area contributed by atoms with Crippen LogP contribution in [-0.2, 0) is 13.0 Å². The second-order valence-electron chi connectivity index (χ2n) is 8.41. The van der Waals surface area contributed by atoms with E-state index in [0.717, 1.165) is 24.1 Å². The Bertz CT molecular complexity index is 879. The van der Waals surface area contributed by atoms with Crippen LogP contribution >= 0.6 is 0 Å². The van der Waals surface area contributed by atoms with Crippen LogP contribution < -0.4 is 4.74 Å². The molecule has 0 fully saturated rings. The van der Waals surface area contributed by atoms with Gasteiger partial charge in [0.05, 0.1) is 0 Å². The lowest BCUT2D eigenvalue weighted by Gasteiger charge is -2.11. The molecule has 0 saturated heterocycles. The molecule has 3 nitrogen and oxygen atoms in total. The van der Waals surface area contributed by atoms with Crippen molar-refractivity contribution in [2.75, 3.05) is 6.61 Å². The van der Waals surface area contributed by atoms with Gasteiger partial charge in [-0.25, -0.2) is 0 Å². The summed E-state index contributed by atoms with van der Waals surface area (Å²) < 4.78 is 6.10. The number of nitrogens with zero attached hydrogens (tertiary/aromatic N) is 1. The molecule has 0 aliphatic heterocycles. The van der Waals surface area contributed by atoms with Crippen LogP contribution in [-0.4, -0.2) is 16.7 Å². The van der Waals surface area contributed by atoms with E-state index < -0.39 is 0 Å². The quantitative estimate of drug-likeness (QED) is 0.264. The Balaban J connectivity index is 1.42. The maximum Gasteiger partial charge on any atom is 0.146 e. The third kappa shape index (κ3) is 7.99. The molecule has 3 heteroatoms. The zero-order valence-electron chi connectivity index (χ0n) is 18.8. The topological polar surface area (TPSA) is 42.4 Å². The Labute approximate surface area is 187 Å². The Morgan fingerprint density at radius 2 is 1.35 bits per heavy atom. The first-order valence-corrected chi connectivity index (χ1v) is 12.0. The Kier molecular flexibility index (Phi) is 10.4. The molecule has 1 heterocycles. The second kappa shape index (κ2) is 13.8. The van der Waals surface area contributed by atoms with Gasteiger partial charge >= 0.3 is 0 Å². The highest BCUT2D eigenvalue weighted by atomic mass is 16.5. The maximum atomic E-state index is 8.80. The van der Waals surface area contributed by atoms with Gasteiger partial charge in [-0.1, -0.05) is 93.8 Å². The van der Waals surface area contributed by atoms with E-state index in [1.54, 1.807) is 0 Å². The molecule has 0 aliphatic carbocycles. The van der Waals surface area contributed by atoms with Gasteiger partial charge in [-0.3, -0.25) is 4.98 Å². The van der Waals surface area contributed by atoms with E-state index in [2.05, 4.69) is 35.3 Å². The molecular weight excluding hydrogens is 382 g/mol. The highest BCUT2D eigenvalue weighted by Gasteiger charge is 2.08. The molecule has 3 aromatic rings. The molecule has 3 rings (SSSR count). The fourth-order valence-corrected chi connectivity index (χ4v) is 4.12. The van der Waals surface area contributed by atoms with Crippen LogP contribution in [0.25, 0.3) is 10.9 Å². The lowest BCUT2D eigenvalue weighted by Crippen LogP contribution is -1.97. The van der Waals surface area contributed by atoms with Crippen LogP contribution in [0.5, 0.6) is 5.75 Å². The standard InChI is InChI=1S/C28H37NO2/c30-22-13-8-6-4-2-1-3-5-7-12-17-25-20-21-29-28-26(25)18-14-19-27(28)31-23-24-15-10-9-11-16-24/h9-11,14-16,18-21,30H,1-8,12-13,17,22-23H2. The summed E-state index contributed by atoms with van der Waals surface area (Å²) in [6.45, 7) is 0.905. The lowest BCUT2D eigenvalue weighted by molar-refractivity contribution is 0.282. The van der Waals surface area contributed by atoms with Crippen LogP contribution in [0.1, 0.15) is 75.3 Å². The molecule has 1 N–H and O–H groups in total. The van der Waals surface area contributed by atoms with Gasteiger partial charge in [-0.2, -0.15) is 0 Å². The van der Waals surface area contributed by atoms with E-state index in [-0.39, 0.29) is 0 Å². The van der Waals surface area contributed by atoms with Crippen LogP contribution in [0.2, 0.25) is 0 Å². The van der Waals surface area contributed by atoms with Crippen molar-refractivity contribution in [3.63, 3.8) is 0 Å². The first-order chi connectivity index (χ1) is 15.4. The van der Waals surface area contributed by atoms with Gasteiger partial charge in [0.2, 0.25) is 0 Å². The summed E-state index contributed by atoms with van der Waals surface area (Å²) in [6.07, 6.45) is 15.6. The van der Waals surface area contributed by atoms with E-state index in [9.17, 15) is 0 Å². The Morgan fingerprint density at radius 1 is 0.677 bits per heavy atom. The van der Waals surface area contributed by atoms with Gasteiger partial charge < -0.3 is 9.84 Å². The van der Waals surface area contributed by atoms with Gasteiger partial charge in [-0.05, 0) is 42.5 Å². The van der Waals surface area contributed by atoms with Crippen molar-refractivity contribution in [1.82, 2.24) is 4.98 Å². The van der Waals surface area contributed by atoms with Crippen molar-refractivity contribution < 1.29 is 9.84 Å². The SMILES string of the molecule is OCCCCCCCCCCCCc1ccnc2c(OCc3ccccc3)cccc12. The van der Waals surface area contributed by atoms with Crippen LogP contribution in [0.15, 0.2) is 60.8 Å². The highest BCUT2D eigenvalue weighted by Crippen LogP contribution is 2.27. The highest BCUT2D eigenvalue weighted by molar-refractivity contribution is 5.87. The number of para-hydroxylation sites is 1. The smallest absolute Gasteiger partial charge is 0.146 e. The Morgan fingerprint density at radius 3 is 2.06 bits per heavy atom. The number of benzene rings is 2. The van der Waals surface area contributed by atoms with Crippen molar-refractivity contribution in [2.24, 2.45) is 0 Å². The number of hydrogen-bond acceptors (Lipinski definition) is 3. The predicted octanol–water partition coefficient (Wildman–Crippen LogP) is 7.25. The van der Waals surface area contributed by atoms with Gasteiger partial charge in [0.1, 0.15) is 17.9 Å². The summed E-state index contributed by atoms with van der Waals surface area (Å²) in [5.74, 6) is 0.863. The fourth-order valence-electron chi connectivity index (χ4n) is 4.12. The summed E-state index contributed by atoms with van der Waals surface area (Å²) in [5, 5.41) is 10.0. The number of rotatable bonds is 15. The molecular formula is C28H37NO2. The molecule has 166 valence electrons. The van der Waals surface area contributed by atoms with Gasteiger partial charge in [0.25, 0.3) is 0 Å². The molecule has 1 aromatic heterocycles. The number of aromatic nitrogens is 1. The summed E-state index contributed by atoms with van der Waals surface area (Å²) in [5.41, 5.74) is 3.51. The number of aliphatic hydroxyl groups is 1. The van der Waals surface area contributed by atoms with Crippen molar-refractivity contribution in [2.45, 2.75) is 77.2 Å². The number of ether oxygens (including phenoxy) is 1. The van der Waals surface area contributed by atoms with Crippen molar-refractivity contribution >= 4 is 10.9 Å². The summed E-state index contributed by atoms with van der Waals surface area (Å²) in [4.78, 5) is 4.62. The minimum Gasteiger partial charge on any atom is -0.487 e. The van der Waals surface area contributed by atoms with E-state index >= 15 is 0 Å². The van der Waals surface area contributed by atoms with Gasteiger partial charge in [-0.15, -0.1) is 0 Å². The van der Waals surface area contributed by atoms with E-state index in [1.165, 1.54) is 74.3 Å². The zero-order valence-corrected chi connectivity index (χ0v) is 18.8. The van der Waals surface area contributed by atoms with Crippen LogP contribution in [0, 0.1) is 0 Å². The van der Waals surface area contributed by atoms with Crippen molar-refractivity contribution in [3.05, 3.63) is 71.9 Å². The van der Waals surface area contributed by atoms with Crippen LogP contribution in [0.4, 0.5) is 0 Å². The van der Waals surface area contributed by atoms with E-state index in [1.807, 2.05) is 30.5 Å². The van der Waals surface area contributed by atoms with Crippen LogP contribution in [0.3, 0.4) is 0 Å². The minimum absolute atomic E-state index is 0.342. The fraction of sp³-hybridized carbons (Fsp3) is 0.464. The predicted molar refractivity (Wildman–Crippen MR) is 129 cm³/mol. The normalized spacial score (nSPS) is 11.1. The molecule has 0 radical (unpaired) electrons. The summed E-state index contributed by atoms with van der Waals surface area (Å²) in [7, 11) is 0. The molecule has 0 spiro atoms. The number of aliphatic hydroxyl groups excluding tert-OH is 1. The first-order valence-electron chi connectivity index (χ1n) is 12.0. The maximum absolute atomic E-state index is 8.80. The second-order valence-corrected chi connectivity index (χ2v) is 8.41. The van der Waals surface area contributed by atoms with Crippen molar-refractivity contribution in [1.29, 1.82) is 0 Å². The van der Waals surface area contributed by atoms with E-state index in [0.29, 0.717) is 13.2 Å². The number of aryl methyl sites for hydroxylation is 1. The van der Waals surface area contributed by atoms with Gasteiger partial charge in [0, 0.05) is 18.2 Å². The first kappa shape index (κ1) is 23.3. The largest absolute Gasteiger partial charge is 0.487 e. The molecule has 2 aromatic carbocycles. The summed E-state index contributed by atoms with van der Waals surface area (Å²) in [6, 6.07) is 18.7. The molecule has 0 aliphatic rings. The third-order valence-electron chi connectivity index (χ3n) is 5.92. The third-order valence-corrected chi connectivity index (χ3v) is 5.92. The molecule has 31 heavy (non-hydrogen) atoms. The molecule has 0 unspecified atom stereocenters.